The Labute approximate surface area is 104 Å². The summed E-state index contributed by atoms with van der Waals surface area (Å²) >= 11 is 0. The monoisotopic (exact) mass is 234 g/mol. The fourth-order valence-electron chi connectivity index (χ4n) is 2.23. The topological polar surface area (TPSA) is 32.8 Å². The zero-order valence-electron chi connectivity index (χ0n) is 10.8. The lowest BCUT2D eigenvalue weighted by Gasteiger charge is -2.04. The first-order chi connectivity index (χ1) is 8.18. The molecule has 17 heavy (non-hydrogen) atoms. The molecule has 1 aromatic carbocycles. The number of rotatable bonds is 7. The molecule has 2 nitrogen and oxygen atoms in total. The van der Waals surface area contributed by atoms with Crippen LogP contribution < -0.4 is 4.74 Å². The maximum atomic E-state index is 9.72. The molecule has 1 aliphatic rings. The lowest BCUT2D eigenvalue weighted by molar-refractivity contribution is 0.464. The summed E-state index contributed by atoms with van der Waals surface area (Å²) in [6.07, 6.45) is 7.29. The van der Waals surface area contributed by atoms with Gasteiger partial charge in [-0.15, -0.1) is 0 Å². The Kier molecular flexibility index (Phi) is 3.93. The first-order valence-electron chi connectivity index (χ1n) is 6.71. The average Bonchev–Trinajstić information content (AvgIpc) is 3.04. The summed E-state index contributed by atoms with van der Waals surface area (Å²) in [6, 6.07) is 3.57. The van der Waals surface area contributed by atoms with E-state index in [-0.39, 0.29) is 0 Å². The second-order valence-electron chi connectivity index (χ2n) is 5.34. The minimum absolute atomic E-state index is 0.392. The van der Waals surface area contributed by atoms with Crippen molar-refractivity contribution in [2.45, 2.75) is 52.4 Å². The Balaban J connectivity index is 1.66. The first-order valence-corrected chi connectivity index (χ1v) is 6.71. The van der Waals surface area contributed by atoms with Gasteiger partial charge in [-0.1, -0.05) is 39.5 Å². The molecule has 0 amide bonds. The lowest BCUT2D eigenvalue weighted by Crippen LogP contribution is -1.89. The van der Waals surface area contributed by atoms with E-state index >= 15 is 0 Å². The van der Waals surface area contributed by atoms with Gasteiger partial charge in [0.25, 0.3) is 0 Å². The number of unbranched alkanes of at least 4 members (excludes halogenated alkanes) is 3. The van der Waals surface area contributed by atoms with Crippen molar-refractivity contribution in [2.24, 2.45) is 5.92 Å². The van der Waals surface area contributed by atoms with Gasteiger partial charge in [0.05, 0.1) is 0 Å². The van der Waals surface area contributed by atoms with Gasteiger partial charge in [0.15, 0.2) is 11.5 Å². The summed E-state index contributed by atoms with van der Waals surface area (Å²) in [5, 5.41) is 9.72. The van der Waals surface area contributed by atoms with Crippen LogP contribution in [0.25, 0.3) is 0 Å². The van der Waals surface area contributed by atoms with Crippen molar-refractivity contribution in [3.05, 3.63) is 17.7 Å². The van der Waals surface area contributed by atoms with Crippen LogP contribution in [0.5, 0.6) is 17.2 Å². The second kappa shape index (κ2) is 5.44. The van der Waals surface area contributed by atoms with Crippen molar-refractivity contribution >= 4 is 0 Å². The highest BCUT2D eigenvalue weighted by Crippen LogP contribution is 2.51. The Morgan fingerprint density at radius 2 is 1.88 bits per heavy atom. The molecule has 0 atom stereocenters. The van der Waals surface area contributed by atoms with E-state index in [9.17, 15) is 5.11 Å². The van der Waals surface area contributed by atoms with Gasteiger partial charge in [-0.3, -0.25) is 0 Å². The van der Waals surface area contributed by atoms with Crippen molar-refractivity contribution in [3.63, 3.8) is 0 Å². The van der Waals surface area contributed by atoms with Crippen molar-refractivity contribution < 1.29 is 9.84 Å². The molecule has 2 rings (SSSR count). The molecule has 0 saturated heterocycles. The van der Waals surface area contributed by atoms with Crippen LogP contribution in [-0.4, -0.2) is 5.11 Å². The molecule has 0 bridgehead atoms. The molecule has 1 heterocycles. The van der Waals surface area contributed by atoms with Gasteiger partial charge in [-0.05, 0) is 30.9 Å². The highest BCUT2D eigenvalue weighted by atomic mass is 16.6. The number of fused-ring (bicyclic) bond motifs is 1. The summed E-state index contributed by atoms with van der Waals surface area (Å²) < 4.78 is 5.30. The van der Waals surface area contributed by atoms with Gasteiger partial charge in [-0.25, -0.2) is 0 Å². The van der Waals surface area contributed by atoms with Crippen LogP contribution in [-0.2, 0) is 6.42 Å². The molecule has 1 N–H and O–H groups in total. The minimum Gasteiger partial charge on any atom is -0.508 e. The Hall–Kier alpha value is -1.18. The molecule has 0 radical (unpaired) electrons. The van der Waals surface area contributed by atoms with E-state index in [2.05, 4.69) is 13.8 Å². The number of phenols is 1. The van der Waals surface area contributed by atoms with E-state index in [1.165, 1.54) is 25.7 Å². The van der Waals surface area contributed by atoms with Crippen molar-refractivity contribution in [2.75, 3.05) is 0 Å². The van der Waals surface area contributed by atoms with Gasteiger partial charge >= 0.3 is 0 Å². The normalized spacial score (nSPS) is 12.4. The van der Waals surface area contributed by atoms with Gasteiger partial charge < -0.3 is 9.84 Å². The Morgan fingerprint density at radius 3 is 2.65 bits per heavy atom. The molecule has 1 aliphatic heterocycles. The molecular formula is C15H22O2. The zero-order valence-corrected chi connectivity index (χ0v) is 10.8. The molecule has 0 aliphatic carbocycles. The van der Waals surface area contributed by atoms with Gasteiger partial charge in [0.1, 0.15) is 5.75 Å². The summed E-state index contributed by atoms with van der Waals surface area (Å²) in [6.45, 7) is 4.55. The molecule has 0 spiro atoms. The molecule has 2 heteroatoms. The highest BCUT2D eigenvalue weighted by Gasteiger charge is 2.26. The highest BCUT2D eigenvalue weighted by molar-refractivity contribution is 5.63. The third kappa shape index (κ3) is 3.39. The number of phenolic OH excluding ortho intramolecular Hbond substituents is 1. The number of ether oxygens (including phenoxy) is 1. The number of benzene rings is 1. The van der Waals surface area contributed by atoms with Gasteiger partial charge in [0.2, 0.25) is 0 Å². The van der Waals surface area contributed by atoms with E-state index in [0.29, 0.717) is 5.75 Å². The fourth-order valence-corrected chi connectivity index (χ4v) is 2.23. The van der Waals surface area contributed by atoms with Crippen LogP contribution >= 0.6 is 0 Å². The number of aromatic hydroxyl groups is 1. The van der Waals surface area contributed by atoms with Crippen LogP contribution in [0.15, 0.2) is 12.1 Å². The standard InChI is InChI=1S/C15H22O2/c1-11(2)7-5-3-4-6-8-12-13(16)9-10-14-15(12)17-14/h9-11,16H,3-8H2,1-2H3. The second-order valence-corrected chi connectivity index (χ2v) is 5.34. The fraction of sp³-hybridized carbons (Fsp3) is 0.600. The van der Waals surface area contributed by atoms with Crippen LogP contribution in [0.4, 0.5) is 0 Å². The van der Waals surface area contributed by atoms with Crippen molar-refractivity contribution in [3.8, 4) is 17.2 Å². The quantitative estimate of drug-likeness (QED) is 0.559. The zero-order chi connectivity index (χ0) is 12.3. The molecule has 94 valence electrons. The molecule has 1 aromatic rings. The van der Waals surface area contributed by atoms with Gasteiger partial charge in [-0.2, -0.15) is 0 Å². The summed E-state index contributed by atoms with van der Waals surface area (Å²) in [7, 11) is 0. The Morgan fingerprint density at radius 1 is 1.12 bits per heavy atom. The SMILES string of the molecule is CC(C)CCCCCCc1c(O)ccc2c1O2. The third-order valence-corrected chi connectivity index (χ3v) is 3.33. The number of hydrogen-bond donors (Lipinski definition) is 1. The Bertz CT molecular complexity index is 379. The molecule has 0 aromatic heterocycles. The van der Waals surface area contributed by atoms with E-state index in [0.717, 1.165) is 35.8 Å². The largest absolute Gasteiger partial charge is 0.508 e. The summed E-state index contributed by atoms with van der Waals surface area (Å²) in [5.41, 5.74) is 1.01. The van der Waals surface area contributed by atoms with Crippen molar-refractivity contribution in [1.29, 1.82) is 0 Å². The lowest BCUT2D eigenvalue weighted by atomic mass is 10.0. The van der Waals surface area contributed by atoms with E-state index in [1.54, 1.807) is 6.07 Å². The average molecular weight is 234 g/mol. The summed E-state index contributed by atoms with van der Waals surface area (Å²) in [5.74, 6) is 3.08. The van der Waals surface area contributed by atoms with Crippen LogP contribution in [0, 0.1) is 5.92 Å². The maximum absolute atomic E-state index is 9.72. The van der Waals surface area contributed by atoms with Crippen LogP contribution in [0.2, 0.25) is 0 Å². The van der Waals surface area contributed by atoms with Crippen molar-refractivity contribution in [1.82, 2.24) is 0 Å². The molecule has 0 unspecified atom stereocenters. The number of hydrogen-bond acceptors (Lipinski definition) is 2. The van der Waals surface area contributed by atoms with Gasteiger partial charge in [0, 0.05) is 5.56 Å². The van der Waals surface area contributed by atoms with Crippen LogP contribution in [0.3, 0.4) is 0 Å². The predicted octanol–water partition coefficient (Wildman–Crippen LogP) is 4.65. The third-order valence-electron chi connectivity index (χ3n) is 3.33. The molecular weight excluding hydrogens is 212 g/mol. The maximum Gasteiger partial charge on any atom is 0.177 e. The van der Waals surface area contributed by atoms with E-state index in [4.69, 9.17) is 4.74 Å². The first kappa shape index (κ1) is 12.3. The van der Waals surface area contributed by atoms with E-state index < -0.39 is 0 Å². The van der Waals surface area contributed by atoms with Crippen LogP contribution in [0.1, 0.15) is 51.5 Å². The summed E-state index contributed by atoms with van der Waals surface area (Å²) in [4.78, 5) is 0. The molecule has 0 fully saturated rings. The predicted molar refractivity (Wildman–Crippen MR) is 69.8 cm³/mol. The minimum atomic E-state index is 0.392. The smallest absolute Gasteiger partial charge is 0.177 e. The van der Waals surface area contributed by atoms with E-state index in [1.807, 2.05) is 6.07 Å². The molecule has 0 saturated carbocycles.